The maximum absolute atomic E-state index is 11.9. The highest BCUT2D eigenvalue weighted by atomic mass is 35.5. The van der Waals surface area contributed by atoms with E-state index in [0.29, 0.717) is 20.6 Å². The van der Waals surface area contributed by atoms with Crippen LogP contribution in [0.4, 0.5) is 11.4 Å². The summed E-state index contributed by atoms with van der Waals surface area (Å²) in [5.74, 6) is -0.441. The fraction of sp³-hybridized carbons (Fsp3) is 0.0833. The lowest BCUT2D eigenvalue weighted by Crippen LogP contribution is -2.19. The molecule has 2 rings (SSSR count). The van der Waals surface area contributed by atoms with E-state index in [1.165, 1.54) is 11.3 Å². The Morgan fingerprint density at radius 1 is 1.42 bits per heavy atom. The van der Waals surface area contributed by atoms with E-state index in [2.05, 4.69) is 5.32 Å². The van der Waals surface area contributed by atoms with Gasteiger partial charge in [0, 0.05) is 5.02 Å². The van der Waals surface area contributed by atoms with Gasteiger partial charge in [0.15, 0.2) is 0 Å². The number of anilines is 2. The molecule has 0 radical (unpaired) electrons. The first-order valence-corrected chi connectivity index (χ1v) is 7.90. The molecule has 4 nitrogen and oxygen atoms in total. The van der Waals surface area contributed by atoms with Gasteiger partial charge in [0.1, 0.15) is 5.75 Å². The molecule has 0 saturated carbocycles. The predicted molar refractivity (Wildman–Crippen MR) is 80.1 cm³/mol. The number of carbonyl (C=O) groups is 1. The standard InChI is InChI=1S/C12H11ClN2O2S2/c13-8-3-4-10(9(14)6-8)15-11(16)7-19(17)12-2-1-5-18-12/h1-6H,7,14H2,(H,15,16). The zero-order valence-electron chi connectivity index (χ0n) is 9.76. The van der Waals surface area contributed by atoms with Crippen LogP contribution in [-0.4, -0.2) is 15.9 Å². The van der Waals surface area contributed by atoms with Crippen LogP contribution in [0.3, 0.4) is 0 Å². The maximum Gasteiger partial charge on any atom is 0.237 e. The number of thiophene rings is 1. The van der Waals surface area contributed by atoms with E-state index in [9.17, 15) is 9.00 Å². The number of halogens is 1. The van der Waals surface area contributed by atoms with Gasteiger partial charge in [-0.05, 0) is 29.6 Å². The van der Waals surface area contributed by atoms with E-state index in [1.54, 1.807) is 30.3 Å². The molecule has 0 aliphatic carbocycles. The summed E-state index contributed by atoms with van der Waals surface area (Å²) in [6.07, 6.45) is 0. The first kappa shape index (κ1) is 14.0. The molecule has 1 amide bonds. The highest BCUT2D eigenvalue weighted by Crippen LogP contribution is 2.22. The zero-order valence-corrected chi connectivity index (χ0v) is 12.1. The van der Waals surface area contributed by atoms with Crippen LogP contribution in [0.2, 0.25) is 5.02 Å². The van der Waals surface area contributed by atoms with Gasteiger partial charge in [-0.2, -0.15) is 0 Å². The monoisotopic (exact) mass is 314 g/mol. The van der Waals surface area contributed by atoms with Crippen LogP contribution >= 0.6 is 22.9 Å². The highest BCUT2D eigenvalue weighted by Gasteiger charge is 2.12. The van der Waals surface area contributed by atoms with Crippen molar-refractivity contribution in [3.05, 3.63) is 40.7 Å². The Balaban J connectivity index is 2.00. The van der Waals surface area contributed by atoms with Crippen LogP contribution < -0.4 is 11.1 Å². The van der Waals surface area contributed by atoms with Gasteiger partial charge >= 0.3 is 0 Å². The fourth-order valence-electron chi connectivity index (χ4n) is 1.42. The molecule has 1 atom stereocenters. The number of hydrogen-bond acceptors (Lipinski definition) is 4. The summed E-state index contributed by atoms with van der Waals surface area (Å²) < 4.78 is 12.5. The Morgan fingerprint density at radius 2 is 2.21 bits per heavy atom. The number of carbonyl (C=O) groups excluding carboxylic acids is 1. The van der Waals surface area contributed by atoms with E-state index in [0.717, 1.165) is 0 Å². The quantitative estimate of drug-likeness (QED) is 0.852. The van der Waals surface area contributed by atoms with Crippen LogP contribution in [0.1, 0.15) is 0 Å². The van der Waals surface area contributed by atoms with Gasteiger partial charge in [0.2, 0.25) is 5.91 Å². The summed E-state index contributed by atoms with van der Waals surface area (Å²) in [6, 6.07) is 8.33. The van der Waals surface area contributed by atoms with Crippen LogP contribution in [-0.2, 0) is 15.6 Å². The van der Waals surface area contributed by atoms with Crippen molar-refractivity contribution in [3.63, 3.8) is 0 Å². The van der Waals surface area contributed by atoms with Gasteiger partial charge < -0.3 is 11.1 Å². The van der Waals surface area contributed by atoms with E-state index in [4.69, 9.17) is 17.3 Å². The van der Waals surface area contributed by atoms with Crippen LogP contribution in [0.25, 0.3) is 0 Å². The molecule has 1 aromatic carbocycles. The third kappa shape index (κ3) is 3.79. The molecule has 0 aliphatic heterocycles. The third-order valence-corrected chi connectivity index (χ3v) is 5.12. The Labute approximate surface area is 122 Å². The minimum Gasteiger partial charge on any atom is -0.397 e. The number of hydrogen-bond donors (Lipinski definition) is 2. The second-order valence-corrected chi connectivity index (χ2v) is 6.76. The van der Waals surface area contributed by atoms with Crippen molar-refractivity contribution in [2.24, 2.45) is 0 Å². The number of benzene rings is 1. The van der Waals surface area contributed by atoms with Crippen molar-refractivity contribution in [3.8, 4) is 0 Å². The zero-order chi connectivity index (χ0) is 13.8. The second kappa shape index (κ2) is 6.18. The summed E-state index contributed by atoms with van der Waals surface area (Å²) in [6.45, 7) is 0. The van der Waals surface area contributed by atoms with Crippen molar-refractivity contribution in [1.29, 1.82) is 0 Å². The van der Waals surface area contributed by atoms with Crippen molar-refractivity contribution < 1.29 is 9.00 Å². The van der Waals surface area contributed by atoms with Crippen molar-refractivity contribution in [2.45, 2.75) is 4.21 Å². The van der Waals surface area contributed by atoms with Gasteiger partial charge in [-0.25, -0.2) is 0 Å². The number of nitrogens with two attached hydrogens (primary N) is 1. The summed E-state index contributed by atoms with van der Waals surface area (Å²) in [5.41, 5.74) is 6.57. The first-order valence-electron chi connectivity index (χ1n) is 5.33. The lowest BCUT2D eigenvalue weighted by Gasteiger charge is -2.07. The molecule has 0 aliphatic rings. The maximum atomic E-state index is 11.9. The highest BCUT2D eigenvalue weighted by molar-refractivity contribution is 7.88. The van der Waals surface area contributed by atoms with Crippen molar-refractivity contribution >= 4 is 51.0 Å². The lowest BCUT2D eigenvalue weighted by atomic mass is 10.2. The molecule has 2 aromatic rings. The molecule has 100 valence electrons. The van der Waals surface area contributed by atoms with Crippen molar-refractivity contribution in [2.75, 3.05) is 16.8 Å². The summed E-state index contributed by atoms with van der Waals surface area (Å²) in [4.78, 5) is 11.8. The topological polar surface area (TPSA) is 72.2 Å². The number of nitrogens with one attached hydrogen (secondary N) is 1. The Hall–Kier alpha value is -1.37. The number of amides is 1. The molecule has 1 unspecified atom stereocenters. The molecule has 0 saturated heterocycles. The predicted octanol–water partition coefficient (Wildman–Crippen LogP) is 2.73. The summed E-state index contributed by atoms with van der Waals surface area (Å²) in [5, 5.41) is 4.94. The molecule has 3 N–H and O–H groups in total. The van der Waals surface area contributed by atoms with Gasteiger partial charge in [0.05, 0.1) is 26.4 Å². The third-order valence-electron chi connectivity index (χ3n) is 2.27. The van der Waals surface area contributed by atoms with Gasteiger partial charge in [-0.1, -0.05) is 17.7 Å². The Morgan fingerprint density at radius 3 is 2.84 bits per heavy atom. The average molecular weight is 315 g/mol. The minimum atomic E-state index is -1.33. The second-order valence-electron chi connectivity index (χ2n) is 3.70. The van der Waals surface area contributed by atoms with E-state index < -0.39 is 10.8 Å². The van der Waals surface area contributed by atoms with E-state index in [-0.39, 0.29) is 11.7 Å². The summed E-state index contributed by atoms with van der Waals surface area (Å²) in [7, 11) is -1.33. The molecule has 1 heterocycles. The molecular weight excluding hydrogens is 304 g/mol. The van der Waals surface area contributed by atoms with Gasteiger partial charge in [-0.15, -0.1) is 11.3 Å². The van der Waals surface area contributed by atoms with Crippen LogP contribution in [0.5, 0.6) is 0 Å². The molecule has 0 bridgehead atoms. The smallest absolute Gasteiger partial charge is 0.237 e. The fourth-order valence-corrected chi connectivity index (χ4v) is 3.50. The Kier molecular flexibility index (Phi) is 4.57. The average Bonchev–Trinajstić information content (AvgIpc) is 2.86. The molecule has 19 heavy (non-hydrogen) atoms. The first-order chi connectivity index (χ1) is 9.06. The molecule has 0 spiro atoms. The van der Waals surface area contributed by atoms with E-state index in [1.807, 2.05) is 5.38 Å². The molecule has 7 heteroatoms. The minimum absolute atomic E-state index is 0.0947. The molecule has 1 aromatic heterocycles. The van der Waals surface area contributed by atoms with Crippen molar-refractivity contribution in [1.82, 2.24) is 0 Å². The number of rotatable bonds is 4. The molecule has 0 fully saturated rings. The Bertz CT molecular complexity index is 614. The van der Waals surface area contributed by atoms with E-state index >= 15 is 0 Å². The summed E-state index contributed by atoms with van der Waals surface area (Å²) >= 11 is 7.13. The SMILES string of the molecule is Nc1cc(Cl)ccc1NC(=O)CS(=O)c1cccs1. The van der Waals surface area contributed by atoms with Crippen LogP contribution in [0.15, 0.2) is 39.9 Å². The normalized spacial score (nSPS) is 12.1. The number of nitrogen functional groups attached to an aromatic ring is 1. The lowest BCUT2D eigenvalue weighted by molar-refractivity contribution is -0.113. The van der Waals surface area contributed by atoms with Gasteiger partial charge in [-0.3, -0.25) is 9.00 Å². The molecular formula is C12H11ClN2O2S2. The largest absolute Gasteiger partial charge is 0.397 e. The van der Waals surface area contributed by atoms with Crippen LogP contribution in [0, 0.1) is 0 Å². The van der Waals surface area contributed by atoms with Gasteiger partial charge in [0.25, 0.3) is 0 Å².